The molecule has 6 aromatic rings. The molecule has 6 rings (SSSR count). The first-order valence-electron chi connectivity index (χ1n) is 20.9. The number of benzene rings is 3. The molecule has 0 aliphatic carbocycles. The number of ether oxygens (including phenoxy) is 3. The molecule has 0 aliphatic heterocycles. The van der Waals surface area contributed by atoms with Crippen molar-refractivity contribution in [1.82, 2.24) is 0 Å². The molecule has 3 aromatic carbocycles. The molecule has 3 heterocycles. The minimum atomic E-state index is -3.96. The van der Waals surface area contributed by atoms with Crippen LogP contribution >= 0.6 is 74.3 Å². The lowest BCUT2D eigenvalue weighted by Crippen LogP contribution is -2.23. The summed E-state index contributed by atoms with van der Waals surface area (Å²) in [5, 5.41) is 0.973. The van der Waals surface area contributed by atoms with Crippen molar-refractivity contribution in [2.24, 2.45) is 5.73 Å². The zero-order valence-corrected chi connectivity index (χ0v) is 50.4. The fourth-order valence-corrected chi connectivity index (χ4v) is 14.2. The van der Waals surface area contributed by atoms with Crippen LogP contribution < -0.4 is 19.9 Å². The van der Waals surface area contributed by atoms with Gasteiger partial charge in [-0.3, -0.25) is 0 Å². The summed E-state index contributed by atoms with van der Waals surface area (Å²) in [6.45, 7) is 30.6. The first-order chi connectivity index (χ1) is 32.9. The van der Waals surface area contributed by atoms with Crippen molar-refractivity contribution in [3.63, 3.8) is 0 Å². The Morgan fingerprint density at radius 2 is 0.958 bits per heavy atom. The van der Waals surface area contributed by atoms with Crippen molar-refractivity contribution in [1.29, 1.82) is 0 Å². The Balaban J connectivity index is 0.000000272. The van der Waals surface area contributed by atoms with Gasteiger partial charge < -0.3 is 19.9 Å². The van der Waals surface area contributed by atoms with Crippen LogP contribution in [0.15, 0.2) is 133 Å². The van der Waals surface area contributed by atoms with E-state index in [9.17, 15) is 33.7 Å². The van der Waals surface area contributed by atoms with Gasteiger partial charge in [0.15, 0.2) is 19.7 Å². The van der Waals surface area contributed by atoms with Crippen LogP contribution in [0.4, 0.5) is 10.0 Å². The number of sulfone groups is 4. The number of thioether (sulfide) groups is 1. The molecule has 390 valence electrons. The molecule has 0 bridgehead atoms. The quantitative estimate of drug-likeness (QED) is 0.0706. The molecule has 14 nitrogen and oxygen atoms in total. The van der Waals surface area contributed by atoms with Gasteiger partial charge in [-0.1, -0.05) is 0 Å². The van der Waals surface area contributed by atoms with Gasteiger partial charge >= 0.3 is 0 Å². The number of hydrogen-bond acceptors (Lipinski definition) is 17. The fourth-order valence-electron chi connectivity index (χ4n) is 5.47. The van der Waals surface area contributed by atoms with Crippen LogP contribution in [0.5, 0.6) is 17.2 Å². The standard InChI is InChI=1S/C16H17NO5S3.C16H21NO5S3.C11H16OS2.C5H2BrNS/c1-16(2,3)22-11-8-12(24(5,18)19)10-13(9-11)25(20,21)15-7-6-14(17-4)23-15;1-16(2,3)22-11-7-13(24(4,18)19)9-14(8-11)25(20,21)15-6-5-12(10-17)23-15;1-11(2,3)12-8-5-9(13)7-10(6-8)14-4;1-7-5-3-2-4(6)8-5/h6-10H,1-3,5H3;5-9H,10,17H2,1-4H3;5-7,13H,1-4H3;2-3H. The molecule has 0 spiro atoms. The highest BCUT2D eigenvalue weighted by Crippen LogP contribution is 2.37. The predicted octanol–water partition coefficient (Wildman–Crippen LogP) is 13.3. The van der Waals surface area contributed by atoms with Gasteiger partial charge in [-0.05, 0) is 175 Å². The summed E-state index contributed by atoms with van der Waals surface area (Å²) < 4.78 is 117. The summed E-state index contributed by atoms with van der Waals surface area (Å²) >= 11 is 12.6. The van der Waals surface area contributed by atoms with E-state index in [1.54, 1.807) is 65.4 Å². The second-order valence-corrected chi connectivity index (χ2v) is 32.6. The maximum absolute atomic E-state index is 12.9. The van der Waals surface area contributed by atoms with Crippen LogP contribution in [0.25, 0.3) is 9.69 Å². The van der Waals surface area contributed by atoms with E-state index in [0.717, 1.165) is 71.6 Å². The fraction of sp³-hybridized carbons (Fsp3) is 0.333. The van der Waals surface area contributed by atoms with Crippen molar-refractivity contribution < 1.29 is 47.9 Å². The van der Waals surface area contributed by atoms with Crippen LogP contribution in [-0.2, 0) is 45.9 Å². The van der Waals surface area contributed by atoms with Gasteiger partial charge in [0.05, 0.1) is 36.5 Å². The first-order valence-corrected chi connectivity index (χ1v) is 32.6. The number of nitrogens with zero attached hydrogens (tertiary/aromatic N) is 2. The zero-order chi connectivity index (χ0) is 54.8. The van der Waals surface area contributed by atoms with Crippen molar-refractivity contribution in [3.05, 3.63) is 122 Å². The van der Waals surface area contributed by atoms with Crippen molar-refractivity contribution >= 4 is 124 Å². The largest absolute Gasteiger partial charge is 0.488 e. The molecule has 0 radical (unpaired) electrons. The third-order valence-corrected chi connectivity index (χ3v) is 19.5. The topological polar surface area (TPSA) is 199 Å². The lowest BCUT2D eigenvalue weighted by Gasteiger charge is -2.22. The monoisotopic (exact) mass is 1220 g/mol. The molecule has 0 fully saturated rings. The summed E-state index contributed by atoms with van der Waals surface area (Å²) in [6.07, 6.45) is 4.07. The Kier molecular flexibility index (Phi) is 21.7. The van der Waals surface area contributed by atoms with E-state index in [1.807, 2.05) is 51.3 Å². The lowest BCUT2D eigenvalue weighted by atomic mass is 10.2. The van der Waals surface area contributed by atoms with Crippen LogP contribution in [0.2, 0.25) is 0 Å². The zero-order valence-electron chi connectivity index (χ0n) is 41.4. The van der Waals surface area contributed by atoms with Crippen LogP contribution in [0, 0.1) is 13.1 Å². The summed E-state index contributed by atoms with van der Waals surface area (Å²) in [5.41, 5.74) is 4.15. The second kappa shape index (κ2) is 25.1. The van der Waals surface area contributed by atoms with E-state index in [2.05, 4.69) is 38.2 Å². The molecule has 24 heteroatoms. The lowest BCUT2D eigenvalue weighted by molar-refractivity contribution is 0.129. The number of rotatable bonds is 11. The molecule has 0 saturated heterocycles. The number of thiophene rings is 3. The Hall–Kier alpha value is -3.92. The summed E-state index contributed by atoms with van der Waals surface area (Å²) in [4.78, 5) is 8.72. The van der Waals surface area contributed by atoms with Crippen molar-refractivity contribution in [2.75, 3.05) is 18.8 Å². The third-order valence-electron chi connectivity index (χ3n) is 8.27. The second-order valence-electron chi connectivity index (χ2n) is 18.2. The molecule has 0 saturated carbocycles. The molecule has 0 amide bonds. The number of nitrogens with two attached hydrogens (primary N) is 1. The van der Waals surface area contributed by atoms with E-state index in [4.69, 9.17) is 33.1 Å². The van der Waals surface area contributed by atoms with Crippen molar-refractivity contribution in [3.8, 4) is 17.2 Å². The highest BCUT2D eigenvalue weighted by atomic mass is 79.9. The normalized spacial score (nSPS) is 12.1. The summed E-state index contributed by atoms with van der Waals surface area (Å²) in [7, 11) is -15.1. The third kappa shape index (κ3) is 20.1. The van der Waals surface area contributed by atoms with Gasteiger partial charge in [0.2, 0.25) is 29.7 Å². The molecule has 2 N–H and O–H groups in total. The average Bonchev–Trinajstić information content (AvgIpc) is 4.03. The Morgan fingerprint density at radius 1 is 0.569 bits per heavy atom. The Labute approximate surface area is 455 Å². The van der Waals surface area contributed by atoms with Gasteiger partial charge in [-0.2, -0.15) is 0 Å². The van der Waals surface area contributed by atoms with Crippen LogP contribution in [0.3, 0.4) is 0 Å². The van der Waals surface area contributed by atoms with Crippen LogP contribution in [-0.4, -0.2) is 69.2 Å². The minimum absolute atomic E-state index is 0.0224. The molecular weight excluding hydrogens is 1160 g/mol. The molecule has 0 atom stereocenters. The van der Waals surface area contributed by atoms with Gasteiger partial charge in [-0.15, -0.1) is 58.4 Å². The van der Waals surface area contributed by atoms with Gasteiger partial charge in [-0.25, -0.2) is 43.4 Å². The van der Waals surface area contributed by atoms with Crippen LogP contribution in [0.1, 0.15) is 67.2 Å². The van der Waals surface area contributed by atoms with E-state index in [1.165, 1.54) is 58.7 Å². The van der Waals surface area contributed by atoms with Crippen molar-refractivity contribution in [2.45, 2.75) is 123 Å². The molecule has 3 aromatic heterocycles. The van der Waals surface area contributed by atoms with E-state index in [-0.39, 0.29) is 56.6 Å². The highest BCUT2D eigenvalue weighted by molar-refractivity contribution is 9.11. The first kappa shape index (κ1) is 62.4. The average molecular weight is 1220 g/mol. The minimum Gasteiger partial charge on any atom is -0.488 e. The maximum Gasteiger partial charge on any atom is 0.242 e. The van der Waals surface area contributed by atoms with Gasteiger partial charge in [0.25, 0.3) is 0 Å². The Bertz CT molecular complexity index is 3400. The predicted molar refractivity (Wildman–Crippen MR) is 298 cm³/mol. The molecule has 0 unspecified atom stereocenters. The SMILES string of the molecule is CC(C)(C)Oc1cc(S(C)(=O)=O)cc(S(=O)(=O)c2ccc(CN)s2)c1.CSc1cc(S)cc(OC(C)(C)C)c1.[C-]#[N+]c1ccc(Br)s1.[C-]#[N+]c1ccc(S(=O)(=O)c2cc(OC(C)(C)C)cc(S(C)(=O)=O)c2)s1. The molecule has 72 heavy (non-hydrogen) atoms. The summed E-state index contributed by atoms with van der Waals surface area (Å²) in [5.74, 6) is 1.22. The highest BCUT2D eigenvalue weighted by Gasteiger charge is 2.27. The van der Waals surface area contributed by atoms with Gasteiger partial charge in [0.1, 0.15) is 42.5 Å². The maximum atomic E-state index is 12.9. The Morgan fingerprint density at radius 3 is 1.29 bits per heavy atom. The smallest absolute Gasteiger partial charge is 0.242 e. The molecule has 0 aliphatic rings. The summed E-state index contributed by atoms with van der Waals surface area (Å²) in [6, 6.07) is 23.1. The van der Waals surface area contributed by atoms with E-state index in [0.29, 0.717) is 0 Å². The van der Waals surface area contributed by atoms with E-state index >= 15 is 0 Å². The number of thiol groups is 1. The number of halogens is 1. The number of hydrogen-bond donors (Lipinski definition) is 2. The van der Waals surface area contributed by atoms with E-state index < -0.39 is 50.6 Å². The van der Waals surface area contributed by atoms with Gasteiger partial charge in [0, 0.05) is 33.7 Å². The molecular formula is C48H56BrN3O11S9.